The molecule has 0 bridgehead atoms. The van der Waals surface area contributed by atoms with Crippen molar-refractivity contribution < 1.29 is 9.59 Å². The SMILES string of the molecule is CC(C)(C)NC(=O)CC(=O)Nc1ccc(N2CCCC2)cc1. The van der Waals surface area contributed by atoms with E-state index in [1.165, 1.54) is 18.5 Å². The average Bonchev–Trinajstić information content (AvgIpc) is 2.90. The molecule has 1 aliphatic rings. The van der Waals surface area contributed by atoms with Crippen molar-refractivity contribution in [3.8, 4) is 0 Å². The zero-order chi connectivity index (χ0) is 16.2. The molecule has 1 aromatic carbocycles. The van der Waals surface area contributed by atoms with Crippen molar-refractivity contribution >= 4 is 23.2 Å². The quantitative estimate of drug-likeness (QED) is 0.840. The first kappa shape index (κ1) is 16.3. The Kier molecular flexibility index (Phi) is 5.06. The number of hydrogen-bond donors (Lipinski definition) is 2. The number of benzene rings is 1. The van der Waals surface area contributed by atoms with Gasteiger partial charge in [0, 0.05) is 30.0 Å². The van der Waals surface area contributed by atoms with E-state index in [1.54, 1.807) is 0 Å². The third kappa shape index (κ3) is 5.06. The topological polar surface area (TPSA) is 61.4 Å². The van der Waals surface area contributed by atoms with Crippen molar-refractivity contribution in [1.29, 1.82) is 0 Å². The number of anilines is 2. The molecular formula is C17H25N3O2. The number of rotatable bonds is 4. The summed E-state index contributed by atoms with van der Waals surface area (Å²) >= 11 is 0. The molecule has 0 aliphatic carbocycles. The van der Waals surface area contributed by atoms with E-state index >= 15 is 0 Å². The fourth-order valence-electron chi connectivity index (χ4n) is 2.54. The summed E-state index contributed by atoms with van der Waals surface area (Å²) in [6, 6.07) is 7.78. The highest BCUT2D eigenvalue weighted by atomic mass is 16.2. The maximum Gasteiger partial charge on any atom is 0.233 e. The molecule has 1 fully saturated rings. The van der Waals surface area contributed by atoms with Crippen molar-refractivity contribution in [3.05, 3.63) is 24.3 Å². The standard InChI is InChI=1S/C17H25N3O2/c1-17(2,3)19-16(22)12-15(21)18-13-6-8-14(9-7-13)20-10-4-5-11-20/h6-9H,4-5,10-12H2,1-3H3,(H,18,21)(H,19,22). The first-order chi connectivity index (χ1) is 10.3. The molecule has 0 radical (unpaired) electrons. The fourth-order valence-corrected chi connectivity index (χ4v) is 2.54. The summed E-state index contributed by atoms with van der Waals surface area (Å²) in [5.41, 5.74) is 1.58. The molecule has 1 heterocycles. The predicted octanol–water partition coefficient (Wildman–Crippen LogP) is 2.53. The van der Waals surface area contributed by atoms with Crippen LogP contribution in [0.15, 0.2) is 24.3 Å². The van der Waals surface area contributed by atoms with E-state index in [2.05, 4.69) is 15.5 Å². The average molecular weight is 303 g/mol. The normalized spacial score (nSPS) is 14.8. The number of hydrogen-bond acceptors (Lipinski definition) is 3. The van der Waals surface area contributed by atoms with Gasteiger partial charge in [0.1, 0.15) is 6.42 Å². The highest BCUT2D eigenvalue weighted by Gasteiger charge is 2.17. The van der Waals surface area contributed by atoms with Crippen molar-refractivity contribution in [2.75, 3.05) is 23.3 Å². The van der Waals surface area contributed by atoms with Gasteiger partial charge in [0.2, 0.25) is 11.8 Å². The molecule has 22 heavy (non-hydrogen) atoms. The summed E-state index contributed by atoms with van der Waals surface area (Å²) in [6.07, 6.45) is 2.31. The lowest BCUT2D eigenvalue weighted by atomic mass is 10.1. The second-order valence-corrected chi connectivity index (χ2v) is 6.76. The Hall–Kier alpha value is -2.04. The Morgan fingerprint density at radius 2 is 1.64 bits per heavy atom. The Morgan fingerprint density at radius 3 is 2.18 bits per heavy atom. The van der Waals surface area contributed by atoms with Crippen LogP contribution >= 0.6 is 0 Å². The zero-order valence-corrected chi connectivity index (χ0v) is 13.6. The molecule has 2 N–H and O–H groups in total. The van der Waals surface area contributed by atoms with Gasteiger partial charge in [-0.1, -0.05) is 0 Å². The van der Waals surface area contributed by atoms with Crippen LogP contribution in [0.2, 0.25) is 0 Å². The van der Waals surface area contributed by atoms with Gasteiger partial charge in [0.05, 0.1) is 0 Å². The second kappa shape index (κ2) is 6.81. The molecule has 2 rings (SSSR count). The zero-order valence-electron chi connectivity index (χ0n) is 13.6. The van der Waals surface area contributed by atoms with Gasteiger partial charge in [-0.3, -0.25) is 9.59 Å². The molecule has 2 amide bonds. The van der Waals surface area contributed by atoms with Gasteiger partial charge in [0.25, 0.3) is 0 Å². The van der Waals surface area contributed by atoms with Crippen LogP contribution in [0.5, 0.6) is 0 Å². The summed E-state index contributed by atoms with van der Waals surface area (Å²) in [7, 11) is 0. The van der Waals surface area contributed by atoms with Gasteiger partial charge in [-0.25, -0.2) is 0 Å². The van der Waals surface area contributed by atoms with E-state index in [1.807, 2.05) is 45.0 Å². The summed E-state index contributed by atoms with van der Waals surface area (Å²) in [6.45, 7) is 7.86. The third-order valence-corrected chi connectivity index (χ3v) is 3.46. The van der Waals surface area contributed by atoms with Crippen LogP contribution in [0.4, 0.5) is 11.4 Å². The van der Waals surface area contributed by atoms with E-state index in [0.29, 0.717) is 0 Å². The smallest absolute Gasteiger partial charge is 0.233 e. The van der Waals surface area contributed by atoms with Crippen LogP contribution in [-0.2, 0) is 9.59 Å². The minimum Gasteiger partial charge on any atom is -0.372 e. The molecule has 0 spiro atoms. The molecular weight excluding hydrogens is 278 g/mol. The first-order valence-corrected chi connectivity index (χ1v) is 7.79. The molecule has 120 valence electrons. The number of nitrogens with zero attached hydrogens (tertiary/aromatic N) is 1. The van der Waals surface area contributed by atoms with Crippen molar-refractivity contribution in [2.24, 2.45) is 0 Å². The molecule has 1 saturated heterocycles. The lowest BCUT2D eigenvalue weighted by Gasteiger charge is -2.20. The molecule has 1 aromatic rings. The Balaban J connectivity index is 1.85. The largest absolute Gasteiger partial charge is 0.372 e. The molecule has 1 aliphatic heterocycles. The van der Waals surface area contributed by atoms with Crippen LogP contribution in [0.1, 0.15) is 40.0 Å². The van der Waals surface area contributed by atoms with E-state index in [-0.39, 0.29) is 23.8 Å². The van der Waals surface area contributed by atoms with Crippen molar-refractivity contribution in [1.82, 2.24) is 5.32 Å². The van der Waals surface area contributed by atoms with E-state index < -0.39 is 0 Å². The third-order valence-electron chi connectivity index (χ3n) is 3.46. The molecule has 5 nitrogen and oxygen atoms in total. The lowest BCUT2D eigenvalue weighted by molar-refractivity contribution is -0.127. The highest BCUT2D eigenvalue weighted by Crippen LogP contribution is 2.22. The van der Waals surface area contributed by atoms with E-state index in [9.17, 15) is 9.59 Å². The van der Waals surface area contributed by atoms with Gasteiger partial charge < -0.3 is 15.5 Å². The van der Waals surface area contributed by atoms with Gasteiger partial charge in [0.15, 0.2) is 0 Å². The molecule has 5 heteroatoms. The number of nitrogens with one attached hydrogen (secondary N) is 2. The van der Waals surface area contributed by atoms with E-state index in [0.717, 1.165) is 18.8 Å². The summed E-state index contributed by atoms with van der Waals surface area (Å²) in [4.78, 5) is 25.9. The number of carbonyl (C=O) groups is 2. The fraction of sp³-hybridized carbons (Fsp3) is 0.529. The summed E-state index contributed by atoms with van der Waals surface area (Å²) in [5, 5.41) is 5.53. The predicted molar refractivity (Wildman–Crippen MR) is 89.0 cm³/mol. The monoisotopic (exact) mass is 303 g/mol. The summed E-state index contributed by atoms with van der Waals surface area (Å²) < 4.78 is 0. The minimum absolute atomic E-state index is 0.162. The van der Waals surface area contributed by atoms with Crippen LogP contribution in [0, 0.1) is 0 Å². The Bertz CT molecular complexity index is 526. The molecule has 0 aromatic heterocycles. The lowest BCUT2D eigenvalue weighted by Crippen LogP contribution is -2.41. The first-order valence-electron chi connectivity index (χ1n) is 7.79. The van der Waals surface area contributed by atoms with Crippen LogP contribution in [-0.4, -0.2) is 30.4 Å². The van der Waals surface area contributed by atoms with Crippen molar-refractivity contribution in [2.45, 2.75) is 45.6 Å². The second-order valence-electron chi connectivity index (χ2n) is 6.76. The Morgan fingerprint density at radius 1 is 1.05 bits per heavy atom. The molecule has 0 saturated carbocycles. The van der Waals surface area contributed by atoms with Gasteiger partial charge in [-0.2, -0.15) is 0 Å². The number of amides is 2. The van der Waals surface area contributed by atoms with Gasteiger partial charge in [-0.05, 0) is 57.9 Å². The molecule has 0 unspecified atom stereocenters. The summed E-state index contributed by atoms with van der Waals surface area (Å²) in [5.74, 6) is -0.561. The minimum atomic E-state index is -0.325. The Labute approximate surface area is 132 Å². The van der Waals surface area contributed by atoms with Crippen molar-refractivity contribution in [3.63, 3.8) is 0 Å². The molecule has 0 atom stereocenters. The van der Waals surface area contributed by atoms with Crippen LogP contribution in [0.25, 0.3) is 0 Å². The van der Waals surface area contributed by atoms with E-state index in [4.69, 9.17) is 0 Å². The maximum atomic E-state index is 11.9. The van der Waals surface area contributed by atoms with Gasteiger partial charge in [-0.15, -0.1) is 0 Å². The van der Waals surface area contributed by atoms with Crippen LogP contribution < -0.4 is 15.5 Å². The maximum absolute atomic E-state index is 11.9. The number of carbonyl (C=O) groups excluding carboxylic acids is 2. The van der Waals surface area contributed by atoms with Gasteiger partial charge >= 0.3 is 0 Å². The van der Waals surface area contributed by atoms with Crippen LogP contribution in [0.3, 0.4) is 0 Å². The highest BCUT2D eigenvalue weighted by molar-refractivity contribution is 6.03.